The van der Waals surface area contributed by atoms with Crippen LogP contribution in [0.1, 0.15) is 33.1 Å². The summed E-state index contributed by atoms with van der Waals surface area (Å²) in [6.45, 7) is 4.13. The van der Waals surface area contributed by atoms with Gasteiger partial charge in [-0.15, -0.1) is 11.6 Å². The first-order chi connectivity index (χ1) is 5.44. The molecule has 0 aromatic carbocycles. The van der Waals surface area contributed by atoms with Gasteiger partial charge in [-0.05, 0) is 31.1 Å². The molecule has 1 aliphatic rings. The highest BCUT2D eigenvalue weighted by atomic mass is 35.5. The van der Waals surface area contributed by atoms with E-state index in [1.165, 1.54) is 0 Å². The summed E-state index contributed by atoms with van der Waals surface area (Å²) in [6, 6.07) is 0. The van der Waals surface area contributed by atoms with E-state index in [9.17, 15) is 4.79 Å². The molecule has 1 fully saturated rings. The summed E-state index contributed by atoms with van der Waals surface area (Å²) in [5, 5.41) is 8.90. The third kappa shape index (κ3) is 1.92. The Hall–Kier alpha value is -0.240. The summed E-state index contributed by atoms with van der Waals surface area (Å²) < 4.78 is 0. The van der Waals surface area contributed by atoms with Gasteiger partial charge in [0, 0.05) is 0 Å². The summed E-state index contributed by atoms with van der Waals surface area (Å²) in [4.78, 5) is 9.85. The van der Waals surface area contributed by atoms with E-state index >= 15 is 0 Å². The topological polar surface area (TPSA) is 37.3 Å². The molecular weight excluding hydrogens is 176 g/mol. The Kier molecular flexibility index (Phi) is 2.67. The Bertz CT molecular complexity index is 181. The molecule has 3 heteroatoms. The van der Waals surface area contributed by atoms with Crippen LogP contribution in [0.15, 0.2) is 0 Å². The van der Waals surface area contributed by atoms with Crippen LogP contribution >= 0.6 is 11.6 Å². The molecule has 0 bridgehead atoms. The summed E-state index contributed by atoms with van der Waals surface area (Å²) in [5.74, 6) is 0.00673. The van der Waals surface area contributed by atoms with E-state index in [0.29, 0.717) is 24.7 Å². The first-order valence-corrected chi connectivity index (χ1v) is 4.74. The molecule has 1 rings (SSSR count). The molecule has 0 heterocycles. The third-order valence-electron chi connectivity index (χ3n) is 2.53. The predicted molar refractivity (Wildman–Crippen MR) is 48.4 cm³/mol. The van der Waals surface area contributed by atoms with E-state index in [0.717, 1.165) is 6.42 Å². The van der Waals surface area contributed by atoms with Crippen molar-refractivity contribution in [2.75, 3.05) is 0 Å². The van der Waals surface area contributed by atoms with Crippen molar-refractivity contribution in [1.82, 2.24) is 0 Å². The average Bonchev–Trinajstić information content (AvgIpc) is 1.82. The SMILES string of the molecule is CC1CC(C)CC(Cl)(C(=O)O)C1. The highest BCUT2D eigenvalue weighted by Crippen LogP contribution is 2.40. The first-order valence-electron chi connectivity index (χ1n) is 4.36. The fraction of sp³-hybridized carbons (Fsp3) is 0.889. The fourth-order valence-corrected chi connectivity index (χ4v) is 2.74. The van der Waals surface area contributed by atoms with E-state index < -0.39 is 10.8 Å². The third-order valence-corrected chi connectivity index (χ3v) is 3.00. The molecule has 0 amide bonds. The molecule has 0 aromatic rings. The second-order valence-corrected chi connectivity index (χ2v) is 4.85. The normalized spacial score (nSPS) is 42.6. The molecule has 0 aliphatic heterocycles. The van der Waals surface area contributed by atoms with Gasteiger partial charge in [0.25, 0.3) is 0 Å². The van der Waals surface area contributed by atoms with E-state index in [1.807, 2.05) is 0 Å². The van der Waals surface area contributed by atoms with Crippen LogP contribution in [0, 0.1) is 11.8 Å². The number of carbonyl (C=O) groups is 1. The highest BCUT2D eigenvalue weighted by Gasteiger charge is 2.42. The Morgan fingerprint density at radius 1 is 1.42 bits per heavy atom. The Morgan fingerprint density at radius 3 is 2.17 bits per heavy atom. The highest BCUT2D eigenvalue weighted by molar-refractivity contribution is 6.33. The van der Waals surface area contributed by atoms with Crippen molar-refractivity contribution in [1.29, 1.82) is 0 Å². The van der Waals surface area contributed by atoms with Crippen molar-refractivity contribution < 1.29 is 9.90 Å². The van der Waals surface area contributed by atoms with Crippen LogP contribution < -0.4 is 0 Å². The van der Waals surface area contributed by atoms with Gasteiger partial charge < -0.3 is 5.11 Å². The quantitative estimate of drug-likeness (QED) is 0.646. The molecular formula is C9H15ClO2. The van der Waals surface area contributed by atoms with Crippen molar-refractivity contribution in [3.8, 4) is 0 Å². The second kappa shape index (κ2) is 3.25. The Morgan fingerprint density at radius 2 is 1.83 bits per heavy atom. The van der Waals surface area contributed by atoms with Crippen LogP contribution in [-0.4, -0.2) is 16.0 Å². The van der Waals surface area contributed by atoms with E-state index in [4.69, 9.17) is 16.7 Å². The Balaban J connectivity index is 2.71. The van der Waals surface area contributed by atoms with Crippen LogP contribution in [0.3, 0.4) is 0 Å². The molecule has 0 radical (unpaired) electrons. The lowest BCUT2D eigenvalue weighted by molar-refractivity contribution is -0.142. The predicted octanol–water partition coefficient (Wildman–Crippen LogP) is 2.50. The van der Waals surface area contributed by atoms with Crippen LogP contribution in [0.5, 0.6) is 0 Å². The summed E-state index contributed by atoms with van der Waals surface area (Å²) in [7, 11) is 0. The van der Waals surface area contributed by atoms with Crippen LogP contribution in [0.25, 0.3) is 0 Å². The number of halogens is 1. The maximum absolute atomic E-state index is 10.8. The largest absolute Gasteiger partial charge is 0.480 e. The lowest BCUT2D eigenvalue weighted by Gasteiger charge is -2.34. The van der Waals surface area contributed by atoms with Gasteiger partial charge in [-0.2, -0.15) is 0 Å². The monoisotopic (exact) mass is 190 g/mol. The molecule has 0 saturated heterocycles. The molecule has 70 valence electrons. The second-order valence-electron chi connectivity index (χ2n) is 4.12. The summed E-state index contributed by atoms with van der Waals surface area (Å²) in [6.07, 6.45) is 2.31. The van der Waals surface area contributed by atoms with Crippen LogP contribution in [0.4, 0.5) is 0 Å². The molecule has 1 aliphatic carbocycles. The van der Waals surface area contributed by atoms with E-state index in [2.05, 4.69) is 13.8 Å². The molecule has 1 saturated carbocycles. The van der Waals surface area contributed by atoms with E-state index in [1.54, 1.807) is 0 Å². The first kappa shape index (κ1) is 9.85. The van der Waals surface area contributed by atoms with Gasteiger partial charge in [0.1, 0.15) is 4.87 Å². The van der Waals surface area contributed by atoms with Crippen molar-refractivity contribution in [2.45, 2.75) is 38.0 Å². The standard InChI is InChI=1S/C9H15ClO2/c1-6-3-7(2)5-9(10,4-6)8(11)12/h6-7H,3-5H2,1-2H3,(H,11,12). The van der Waals surface area contributed by atoms with Gasteiger partial charge in [0.15, 0.2) is 0 Å². The van der Waals surface area contributed by atoms with Crippen molar-refractivity contribution in [3.63, 3.8) is 0 Å². The van der Waals surface area contributed by atoms with Crippen molar-refractivity contribution in [3.05, 3.63) is 0 Å². The molecule has 12 heavy (non-hydrogen) atoms. The minimum Gasteiger partial charge on any atom is -0.480 e. The minimum atomic E-state index is -0.989. The van der Waals surface area contributed by atoms with Crippen molar-refractivity contribution >= 4 is 17.6 Å². The Labute approximate surface area is 77.9 Å². The zero-order chi connectivity index (χ0) is 9.35. The number of alkyl halides is 1. The summed E-state index contributed by atoms with van der Waals surface area (Å²) >= 11 is 6.00. The minimum absolute atomic E-state index is 0.433. The zero-order valence-electron chi connectivity index (χ0n) is 7.51. The number of carboxylic acids is 1. The zero-order valence-corrected chi connectivity index (χ0v) is 8.27. The van der Waals surface area contributed by atoms with Crippen LogP contribution in [0.2, 0.25) is 0 Å². The molecule has 1 N–H and O–H groups in total. The number of hydrogen-bond donors (Lipinski definition) is 1. The number of rotatable bonds is 1. The van der Waals surface area contributed by atoms with Gasteiger partial charge in [-0.3, -0.25) is 4.79 Å². The summed E-state index contributed by atoms with van der Waals surface area (Å²) in [5.41, 5.74) is 0. The van der Waals surface area contributed by atoms with Gasteiger partial charge >= 0.3 is 5.97 Å². The molecule has 0 aromatic heterocycles. The average molecular weight is 191 g/mol. The van der Waals surface area contributed by atoms with E-state index in [-0.39, 0.29) is 0 Å². The maximum atomic E-state index is 10.8. The molecule has 0 spiro atoms. The van der Waals surface area contributed by atoms with Gasteiger partial charge in [0.2, 0.25) is 0 Å². The number of aliphatic carboxylic acids is 1. The molecule has 2 unspecified atom stereocenters. The number of hydrogen-bond acceptors (Lipinski definition) is 1. The maximum Gasteiger partial charge on any atom is 0.324 e. The van der Waals surface area contributed by atoms with Crippen molar-refractivity contribution in [2.24, 2.45) is 11.8 Å². The molecule has 2 atom stereocenters. The van der Waals surface area contributed by atoms with Gasteiger partial charge in [-0.25, -0.2) is 0 Å². The fourth-order valence-electron chi connectivity index (χ4n) is 2.22. The van der Waals surface area contributed by atoms with Gasteiger partial charge in [-0.1, -0.05) is 13.8 Å². The lowest BCUT2D eigenvalue weighted by Crippen LogP contribution is -2.40. The lowest BCUT2D eigenvalue weighted by atomic mass is 9.76. The smallest absolute Gasteiger partial charge is 0.324 e. The van der Waals surface area contributed by atoms with Crippen LogP contribution in [-0.2, 0) is 4.79 Å². The number of carboxylic acid groups (broad SMARTS) is 1. The van der Waals surface area contributed by atoms with Gasteiger partial charge in [0.05, 0.1) is 0 Å². The molecule has 2 nitrogen and oxygen atoms in total.